The van der Waals surface area contributed by atoms with Crippen molar-refractivity contribution in [2.24, 2.45) is 0 Å². The molecule has 8 heteroatoms. The van der Waals surface area contributed by atoms with E-state index < -0.39 is 15.6 Å². The van der Waals surface area contributed by atoms with Crippen molar-refractivity contribution < 1.29 is 17.9 Å². The normalized spacial score (nSPS) is 18.3. The van der Waals surface area contributed by atoms with Gasteiger partial charge in [-0.3, -0.25) is 4.98 Å². The Kier molecular flexibility index (Phi) is 8.22. The first-order valence-corrected chi connectivity index (χ1v) is 11.7. The van der Waals surface area contributed by atoms with Gasteiger partial charge in [0.25, 0.3) is 0 Å². The van der Waals surface area contributed by atoms with Gasteiger partial charge in [-0.25, -0.2) is 13.2 Å². The number of carbonyl (C=O) groups excluding carboxylic acids is 1. The molecule has 0 N–H and O–H groups in total. The first-order valence-electron chi connectivity index (χ1n) is 10.1. The van der Waals surface area contributed by atoms with Crippen LogP contribution >= 0.6 is 0 Å². The van der Waals surface area contributed by atoms with Crippen LogP contribution in [0.1, 0.15) is 52.1 Å². The molecule has 7 nitrogen and oxygen atoms in total. The van der Waals surface area contributed by atoms with E-state index in [1.165, 1.54) is 0 Å². The third-order valence-corrected chi connectivity index (χ3v) is 6.63. The van der Waals surface area contributed by atoms with Crippen LogP contribution in [0.3, 0.4) is 0 Å². The lowest BCUT2D eigenvalue weighted by Gasteiger charge is -2.30. The molecular formula is C21H33N3O4S. The number of likely N-dealkylation sites (tertiary alicyclic amines) is 1. The van der Waals surface area contributed by atoms with Gasteiger partial charge >= 0.3 is 6.09 Å². The van der Waals surface area contributed by atoms with E-state index in [4.69, 9.17) is 4.74 Å². The molecule has 2 heterocycles. The number of allylic oxidation sites excluding steroid dienone is 1. The van der Waals surface area contributed by atoms with Crippen molar-refractivity contribution in [3.05, 3.63) is 42.7 Å². The molecule has 1 aromatic rings. The zero-order chi connectivity index (χ0) is 21.5. The van der Waals surface area contributed by atoms with Gasteiger partial charge < -0.3 is 9.64 Å². The fourth-order valence-corrected chi connectivity index (χ4v) is 5.02. The van der Waals surface area contributed by atoms with Gasteiger partial charge in [0.15, 0.2) is 0 Å². The molecule has 2 rings (SSSR count). The maximum atomic E-state index is 13.1. The molecule has 0 spiro atoms. The molecule has 0 aromatic carbocycles. The van der Waals surface area contributed by atoms with E-state index in [0.29, 0.717) is 38.0 Å². The fraction of sp³-hybridized carbons (Fsp3) is 0.619. The summed E-state index contributed by atoms with van der Waals surface area (Å²) in [6.45, 7) is 10.4. The molecule has 1 aromatic heterocycles. The van der Waals surface area contributed by atoms with Crippen LogP contribution in [0, 0.1) is 0 Å². The third kappa shape index (κ3) is 7.44. The van der Waals surface area contributed by atoms with Gasteiger partial charge in [-0.2, -0.15) is 4.31 Å². The molecule has 162 valence electrons. The molecular weight excluding hydrogens is 390 g/mol. The van der Waals surface area contributed by atoms with E-state index in [1.54, 1.807) is 21.5 Å². The topological polar surface area (TPSA) is 79.8 Å². The Bertz CT molecular complexity index is 775. The number of ether oxygens (including phenoxy) is 1. The lowest BCUT2D eigenvalue weighted by atomic mass is 10.1. The zero-order valence-electron chi connectivity index (χ0n) is 17.7. The van der Waals surface area contributed by atoms with Gasteiger partial charge in [0.05, 0.1) is 18.0 Å². The summed E-state index contributed by atoms with van der Waals surface area (Å²) in [6.07, 6.45) is 5.33. The maximum Gasteiger partial charge on any atom is 0.410 e. The van der Waals surface area contributed by atoms with Crippen molar-refractivity contribution in [1.29, 1.82) is 0 Å². The fourth-order valence-electron chi connectivity index (χ4n) is 3.33. The SMILES string of the molecule is C=CCCS(=O)(=O)N(Cc1ccccn1)C1CCCN(C(=O)OC(C)(C)C)CC1. The number of nitrogens with zero attached hydrogens (tertiary/aromatic N) is 3. The second-order valence-electron chi connectivity index (χ2n) is 8.31. The number of rotatable bonds is 7. The van der Waals surface area contributed by atoms with Crippen molar-refractivity contribution in [1.82, 2.24) is 14.2 Å². The number of sulfonamides is 1. The van der Waals surface area contributed by atoms with Crippen LogP contribution in [0.5, 0.6) is 0 Å². The van der Waals surface area contributed by atoms with E-state index in [2.05, 4.69) is 11.6 Å². The average Bonchev–Trinajstić information content (AvgIpc) is 2.90. The van der Waals surface area contributed by atoms with E-state index >= 15 is 0 Å². The zero-order valence-corrected chi connectivity index (χ0v) is 18.5. The summed E-state index contributed by atoms with van der Waals surface area (Å²) >= 11 is 0. The van der Waals surface area contributed by atoms with Gasteiger partial charge in [-0.05, 0) is 58.6 Å². The molecule has 1 fully saturated rings. The highest BCUT2D eigenvalue weighted by atomic mass is 32.2. The van der Waals surface area contributed by atoms with Crippen LogP contribution in [0.2, 0.25) is 0 Å². The second-order valence-corrected chi connectivity index (χ2v) is 10.4. The van der Waals surface area contributed by atoms with Gasteiger partial charge in [0.1, 0.15) is 5.60 Å². The largest absolute Gasteiger partial charge is 0.444 e. The van der Waals surface area contributed by atoms with Crippen molar-refractivity contribution in [3.8, 4) is 0 Å². The summed E-state index contributed by atoms with van der Waals surface area (Å²) in [5.41, 5.74) is 0.157. The van der Waals surface area contributed by atoms with Crippen LogP contribution in [0.25, 0.3) is 0 Å². The van der Waals surface area contributed by atoms with Crippen LogP contribution in [-0.4, -0.2) is 59.2 Å². The summed E-state index contributed by atoms with van der Waals surface area (Å²) in [7, 11) is -3.48. The van der Waals surface area contributed by atoms with Crippen molar-refractivity contribution >= 4 is 16.1 Å². The molecule has 0 aliphatic carbocycles. The predicted molar refractivity (Wildman–Crippen MR) is 114 cm³/mol. The number of hydrogen-bond donors (Lipinski definition) is 0. The maximum absolute atomic E-state index is 13.1. The molecule has 29 heavy (non-hydrogen) atoms. The number of carbonyl (C=O) groups is 1. The number of aromatic nitrogens is 1. The molecule has 0 radical (unpaired) electrons. The predicted octanol–water partition coefficient (Wildman–Crippen LogP) is 3.58. The molecule has 1 amide bonds. The summed E-state index contributed by atoms with van der Waals surface area (Å²) < 4.78 is 33.2. The molecule has 0 saturated carbocycles. The molecule has 1 saturated heterocycles. The minimum absolute atomic E-state index is 0.0234. The summed E-state index contributed by atoms with van der Waals surface area (Å²) in [6, 6.07) is 5.32. The van der Waals surface area contributed by atoms with Crippen LogP contribution in [-0.2, 0) is 21.3 Å². The second kappa shape index (κ2) is 10.2. The summed E-state index contributed by atoms with van der Waals surface area (Å²) in [5, 5.41) is 0. The van der Waals surface area contributed by atoms with Crippen molar-refractivity contribution in [3.63, 3.8) is 0 Å². The van der Waals surface area contributed by atoms with Crippen LogP contribution in [0.4, 0.5) is 4.79 Å². The monoisotopic (exact) mass is 423 g/mol. The van der Waals surface area contributed by atoms with E-state index in [-0.39, 0.29) is 24.4 Å². The van der Waals surface area contributed by atoms with E-state index in [0.717, 1.165) is 6.42 Å². The quantitative estimate of drug-likeness (QED) is 0.626. The van der Waals surface area contributed by atoms with Crippen LogP contribution in [0.15, 0.2) is 37.1 Å². The van der Waals surface area contributed by atoms with Crippen molar-refractivity contribution in [2.45, 2.75) is 64.6 Å². The first kappa shape index (κ1) is 23.3. The smallest absolute Gasteiger partial charge is 0.410 e. The third-order valence-electron chi connectivity index (χ3n) is 4.74. The van der Waals surface area contributed by atoms with Gasteiger partial charge in [0, 0.05) is 25.3 Å². The molecule has 0 bridgehead atoms. The lowest BCUT2D eigenvalue weighted by Crippen LogP contribution is -2.42. The highest BCUT2D eigenvalue weighted by Crippen LogP contribution is 2.24. The van der Waals surface area contributed by atoms with Crippen LogP contribution < -0.4 is 0 Å². The Balaban J connectivity index is 2.16. The Morgan fingerprint density at radius 3 is 2.72 bits per heavy atom. The number of hydrogen-bond acceptors (Lipinski definition) is 5. The molecule has 1 atom stereocenters. The standard InChI is InChI=1S/C21H33N3O4S/c1-5-6-16-29(26,27)24(17-18-10-7-8-13-22-18)19-11-9-14-23(15-12-19)20(25)28-21(2,3)4/h5,7-8,10,13,19H,1,6,9,11-12,14-17H2,2-4H3. The van der Waals surface area contributed by atoms with Crippen molar-refractivity contribution in [2.75, 3.05) is 18.8 Å². The minimum Gasteiger partial charge on any atom is -0.444 e. The Hall–Kier alpha value is -1.93. The average molecular weight is 424 g/mol. The minimum atomic E-state index is -3.48. The lowest BCUT2D eigenvalue weighted by molar-refractivity contribution is 0.0255. The highest BCUT2D eigenvalue weighted by molar-refractivity contribution is 7.89. The highest BCUT2D eigenvalue weighted by Gasteiger charge is 2.33. The van der Waals surface area contributed by atoms with E-state index in [9.17, 15) is 13.2 Å². The van der Waals surface area contributed by atoms with E-state index in [1.807, 2.05) is 39.0 Å². The Labute approximate surface area is 174 Å². The molecule has 1 aliphatic heterocycles. The molecule has 1 aliphatic rings. The Morgan fingerprint density at radius 2 is 2.10 bits per heavy atom. The number of amides is 1. The van der Waals surface area contributed by atoms with Gasteiger partial charge in [0.2, 0.25) is 10.0 Å². The van der Waals surface area contributed by atoms with Gasteiger partial charge in [-0.15, -0.1) is 6.58 Å². The Morgan fingerprint density at radius 1 is 1.34 bits per heavy atom. The van der Waals surface area contributed by atoms with Gasteiger partial charge in [-0.1, -0.05) is 12.1 Å². The molecule has 1 unspecified atom stereocenters. The number of pyridine rings is 1. The summed E-state index contributed by atoms with van der Waals surface area (Å²) in [4.78, 5) is 18.4. The first-order chi connectivity index (χ1) is 13.6. The summed E-state index contributed by atoms with van der Waals surface area (Å²) in [5.74, 6) is 0.0234.